The zero-order chi connectivity index (χ0) is 17.8. The van der Waals surface area contributed by atoms with Gasteiger partial charge in [0.15, 0.2) is 5.13 Å². The van der Waals surface area contributed by atoms with E-state index >= 15 is 0 Å². The van der Waals surface area contributed by atoms with Crippen molar-refractivity contribution in [3.8, 4) is 17.0 Å². The molecule has 0 spiro atoms. The molecule has 0 saturated heterocycles. The van der Waals surface area contributed by atoms with Crippen molar-refractivity contribution in [1.29, 1.82) is 0 Å². The molecule has 3 rings (SSSR count). The fourth-order valence-electron chi connectivity index (χ4n) is 2.19. The van der Waals surface area contributed by atoms with Gasteiger partial charge in [-0.15, -0.1) is 11.3 Å². The smallest absolute Gasteiger partial charge is 0.259 e. The second-order valence-electron chi connectivity index (χ2n) is 5.07. The fourth-order valence-corrected chi connectivity index (χ4v) is 3.28. The molecule has 0 aliphatic rings. The minimum Gasteiger partial charge on any atom is -0.494 e. The number of aromatic nitrogens is 1. The van der Waals surface area contributed by atoms with Gasteiger partial charge in [0, 0.05) is 16.0 Å². The molecule has 0 fully saturated rings. The molecular weight excluding hydrogens is 379 g/mol. The maximum atomic E-state index is 12.3. The highest BCUT2D eigenvalue weighted by molar-refractivity contribution is 7.14. The van der Waals surface area contributed by atoms with Gasteiger partial charge in [0.2, 0.25) is 0 Å². The molecule has 1 aromatic heterocycles. The van der Waals surface area contributed by atoms with E-state index < -0.39 is 0 Å². The average Bonchev–Trinajstić information content (AvgIpc) is 3.06. The lowest BCUT2D eigenvalue weighted by atomic mass is 10.2. The van der Waals surface area contributed by atoms with Crippen LogP contribution in [0.2, 0.25) is 10.0 Å². The van der Waals surface area contributed by atoms with E-state index in [9.17, 15) is 4.79 Å². The van der Waals surface area contributed by atoms with Gasteiger partial charge in [-0.05, 0) is 49.4 Å². The first-order valence-corrected chi connectivity index (χ1v) is 9.15. The molecule has 0 atom stereocenters. The van der Waals surface area contributed by atoms with Gasteiger partial charge >= 0.3 is 0 Å². The molecule has 1 N–H and O–H groups in total. The van der Waals surface area contributed by atoms with Crippen LogP contribution >= 0.6 is 34.5 Å². The topological polar surface area (TPSA) is 51.2 Å². The first-order valence-electron chi connectivity index (χ1n) is 7.52. The van der Waals surface area contributed by atoms with Gasteiger partial charge in [-0.2, -0.15) is 0 Å². The van der Waals surface area contributed by atoms with Crippen LogP contribution in [0, 0.1) is 0 Å². The summed E-state index contributed by atoms with van der Waals surface area (Å²) in [7, 11) is 0. The monoisotopic (exact) mass is 392 g/mol. The van der Waals surface area contributed by atoms with Crippen LogP contribution < -0.4 is 10.1 Å². The first kappa shape index (κ1) is 17.7. The predicted octanol–water partition coefficient (Wildman–Crippen LogP) is 5.77. The summed E-state index contributed by atoms with van der Waals surface area (Å²) in [6.07, 6.45) is 0. The number of anilines is 1. The van der Waals surface area contributed by atoms with Gasteiger partial charge in [0.05, 0.1) is 22.9 Å². The van der Waals surface area contributed by atoms with Gasteiger partial charge in [-0.1, -0.05) is 23.2 Å². The largest absolute Gasteiger partial charge is 0.494 e. The molecular formula is C18H14Cl2N2O2S. The number of rotatable bonds is 5. The van der Waals surface area contributed by atoms with Crippen LogP contribution in [0.15, 0.2) is 47.8 Å². The van der Waals surface area contributed by atoms with E-state index in [1.807, 2.05) is 36.6 Å². The van der Waals surface area contributed by atoms with Crippen LogP contribution in [0.5, 0.6) is 5.75 Å². The molecule has 0 aliphatic heterocycles. The Bertz CT molecular complexity index is 894. The molecule has 0 saturated carbocycles. The number of carbonyl (C=O) groups is 1. The molecule has 0 bridgehead atoms. The van der Waals surface area contributed by atoms with Crippen molar-refractivity contribution >= 4 is 45.6 Å². The molecule has 2 aromatic carbocycles. The minimum absolute atomic E-state index is 0.312. The Morgan fingerprint density at radius 1 is 1.20 bits per heavy atom. The summed E-state index contributed by atoms with van der Waals surface area (Å²) in [5.41, 5.74) is 2.04. The van der Waals surface area contributed by atoms with Crippen LogP contribution in [0.4, 0.5) is 5.13 Å². The Hall–Kier alpha value is -2.08. The van der Waals surface area contributed by atoms with E-state index in [1.165, 1.54) is 17.4 Å². The molecule has 0 aliphatic carbocycles. The Labute approximate surface area is 159 Å². The number of amides is 1. The van der Waals surface area contributed by atoms with Crippen molar-refractivity contribution in [2.75, 3.05) is 11.9 Å². The number of ether oxygens (including phenoxy) is 1. The first-order chi connectivity index (χ1) is 12.1. The number of nitrogens with zero attached hydrogens (tertiary/aromatic N) is 1. The SMILES string of the molecule is CCOc1ccc(-c2csc(NC(=O)c3cc(Cl)ccc3Cl)n2)cc1. The third kappa shape index (κ3) is 4.31. The highest BCUT2D eigenvalue weighted by Crippen LogP contribution is 2.28. The van der Waals surface area contributed by atoms with Gasteiger partial charge in [0.1, 0.15) is 5.75 Å². The Balaban J connectivity index is 1.75. The quantitative estimate of drug-likeness (QED) is 0.599. The molecule has 7 heteroatoms. The summed E-state index contributed by atoms with van der Waals surface area (Å²) < 4.78 is 5.43. The second-order valence-corrected chi connectivity index (χ2v) is 6.78. The standard InChI is InChI=1S/C18H14Cl2N2O2S/c1-2-24-13-6-3-11(4-7-13)16-10-25-18(21-16)22-17(23)14-9-12(19)5-8-15(14)20/h3-10H,2H2,1H3,(H,21,22,23). The van der Waals surface area contributed by atoms with Crippen molar-refractivity contribution in [3.63, 3.8) is 0 Å². The molecule has 3 aromatic rings. The summed E-state index contributed by atoms with van der Waals surface area (Å²) in [4.78, 5) is 16.8. The van der Waals surface area contributed by atoms with Crippen molar-refractivity contribution in [3.05, 3.63) is 63.5 Å². The molecule has 0 unspecified atom stereocenters. The van der Waals surface area contributed by atoms with Crippen molar-refractivity contribution < 1.29 is 9.53 Å². The summed E-state index contributed by atoms with van der Waals surface area (Å²) in [5, 5.41) is 5.91. The molecule has 25 heavy (non-hydrogen) atoms. The maximum Gasteiger partial charge on any atom is 0.259 e. The number of carbonyl (C=O) groups excluding carboxylic acids is 1. The fraction of sp³-hybridized carbons (Fsp3) is 0.111. The number of nitrogens with one attached hydrogen (secondary N) is 1. The van der Waals surface area contributed by atoms with E-state index in [2.05, 4.69) is 10.3 Å². The number of hydrogen-bond donors (Lipinski definition) is 1. The van der Waals surface area contributed by atoms with Crippen LogP contribution in [0.3, 0.4) is 0 Å². The van der Waals surface area contributed by atoms with Crippen LogP contribution in [0.1, 0.15) is 17.3 Å². The zero-order valence-corrected chi connectivity index (χ0v) is 15.6. The van der Waals surface area contributed by atoms with Crippen LogP contribution in [-0.4, -0.2) is 17.5 Å². The predicted molar refractivity (Wildman–Crippen MR) is 103 cm³/mol. The summed E-state index contributed by atoms with van der Waals surface area (Å²) >= 11 is 13.3. The van der Waals surface area contributed by atoms with Crippen LogP contribution in [0.25, 0.3) is 11.3 Å². The molecule has 1 heterocycles. The Morgan fingerprint density at radius 2 is 1.96 bits per heavy atom. The molecule has 0 radical (unpaired) electrons. The van der Waals surface area contributed by atoms with Gasteiger partial charge in [0.25, 0.3) is 5.91 Å². The molecule has 1 amide bonds. The van der Waals surface area contributed by atoms with E-state index in [-0.39, 0.29) is 5.91 Å². The second kappa shape index (κ2) is 7.87. The summed E-state index contributed by atoms with van der Waals surface area (Å²) in [5.74, 6) is 0.464. The van der Waals surface area contributed by atoms with E-state index in [1.54, 1.807) is 12.1 Å². The summed E-state index contributed by atoms with van der Waals surface area (Å²) in [6.45, 7) is 2.56. The van der Waals surface area contributed by atoms with Crippen molar-refractivity contribution in [2.24, 2.45) is 0 Å². The molecule has 4 nitrogen and oxygen atoms in total. The average molecular weight is 393 g/mol. The normalized spacial score (nSPS) is 10.5. The number of hydrogen-bond acceptors (Lipinski definition) is 4. The third-order valence-corrected chi connectivity index (χ3v) is 4.68. The highest BCUT2D eigenvalue weighted by Gasteiger charge is 2.13. The third-order valence-electron chi connectivity index (χ3n) is 3.36. The lowest BCUT2D eigenvalue weighted by Crippen LogP contribution is -2.12. The van der Waals surface area contributed by atoms with Crippen molar-refractivity contribution in [1.82, 2.24) is 4.98 Å². The zero-order valence-electron chi connectivity index (χ0n) is 13.3. The lowest BCUT2D eigenvalue weighted by molar-refractivity contribution is 0.102. The van der Waals surface area contributed by atoms with E-state index in [4.69, 9.17) is 27.9 Å². The number of benzene rings is 2. The van der Waals surface area contributed by atoms with Crippen LogP contribution in [-0.2, 0) is 0 Å². The summed E-state index contributed by atoms with van der Waals surface area (Å²) in [6, 6.07) is 12.4. The highest BCUT2D eigenvalue weighted by atomic mass is 35.5. The van der Waals surface area contributed by atoms with E-state index in [0.29, 0.717) is 27.3 Å². The van der Waals surface area contributed by atoms with Crippen molar-refractivity contribution in [2.45, 2.75) is 6.92 Å². The maximum absolute atomic E-state index is 12.3. The minimum atomic E-state index is -0.347. The lowest BCUT2D eigenvalue weighted by Gasteiger charge is -2.05. The molecule has 128 valence electrons. The van der Waals surface area contributed by atoms with Gasteiger partial charge in [-0.3, -0.25) is 10.1 Å². The Morgan fingerprint density at radius 3 is 2.68 bits per heavy atom. The number of halogens is 2. The van der Waals surface area contributed by atoms with Gasteiger partial charge in [-0.25, -0.2) is 4.98 Å². The van der Waals surface area contributed by atoms with E-state index in [0.717, 1.165) is 17.0 Å². The number of thiazole rings is 1. The Kier molecular flexibility index (Phi) is 5.58. The van der Waals surface area contributed by atoms with Gasteiger partial charge < -0.3 is 4.74 Å².